The van der Waals surface area contributed by atoms with Crippen molar-refractivity contribution in [3.8, 4) is 0 Å². The zero-order valence-electron chi connectivity index (χ0n) is 11.6. The van der Waals surface area contributed by atoms with E-state index in [9.17, 15) is 0 Å². The summed E-state index contributed by atoms with van der Waals surface area (Å²) in [6.45, 7) is 4.22. The van der Waals surface area contributed by atoms with E-state index in [1.165, 1.54) is 36.0 Å². The highest BCUT2D eigenvalue weighted by Crippen LogP contribution is 2.30. The minimum absolute atomic E-state index is 0.561. The summed E-state index contributed by atoms with van der Waals surface area (Å²) in [6.07, 6.45) is 8.50. The minimum Gasteiger partial charge on any atom is -0.349 e. The predicted molar refractivity (Wildman–Crippen MR) is 79.3 cm³/mol. The topological polar surface area (TPSA) is 17.0 Å². The van der Waals surface area contributed by atoms with Gasteiger partial charge in [-0.3, -0.25) is 0 Å². The van der Waals surface area contributed by atoms with Gasteiger partial charge < -0.3 is 9.88 Å². The summed E-state index contributed by atoms with van der Waals surface area (Å²) in [7, 11) is 0. The smallest absolute Gasteiger partial charge is 0.0470 e. The molecule has 0 saturated heterocycles. The van der Waals surface area contributed by atoms with E-state index < -0.39 is 0 Å². The number of rotatable bonds is 4. The van der Waals surface area contributed by atoms with E-state index in [-0.39, 0.29) is 0 Å². The molecule has 0 amide bonds. The first-order chi connectivity index (χ1) is 9.36. The van der Waals surface area contributed by atoms with Crippen molar-refractivity contribution in [1.29, 1.82) is 0 Å². The van der Waals surface area contributed by atoms with Crippen LogP contribution in [0, 0.1) is 0 Å². The van der Waals surface area contributed by atoms with Crippen molar-refractivity contribution in [3.05, 3.63) is 59.4 Å². The molecule has 0 aliphatic heterocycles. The molecule has 0 fully saturated rings. The van der Waals surface area contributed by atoms with Crippen molar-refractivity contribution in [2.24, 2.45) is 0 Å². The fraction of sp³-hybridized carbons (Fsp3) is 0.412. The summed E-state index contributed by atoms with van der Waals surface area (Å²) in [5.41, 5.74) is 4.42. The molecule has 1 aliphatic rings. The monoisotopic (exact) mass is 254 g/mol. The summed E-state index contributed by atoms with van der Waals surface area (Å²) in [6, 6.07) is 11.2. The molecule has 1 N–H and O–H groups in total. The van der Waals surface area contributed by atoms with E-state index in [1.807, 2.05) is 0 Å². The summed E-state index contributed by atoms with van der Waals surface area (Å²) in [5.74, 6) is 0. The molecule has 0 spiro atoms. The van der Waals surface area contributed by atoms with Gasteiger partial charge in [-0.2, -0.15) is 0 Å². The van der Waals surface area contributed by atoms with Gasteiger partial charge in [-0.25, -0.2) is 0 Å². The first kappa shape index (κ1) is 12.5. The van der Waals surface area contributed by atoms with Crippen LogP contribution in [-0.4, -0.2) is 11.1 Å². The summed E-state index contributed by atoms with van der Waals surface area (Å²) >= 11 is 0. The SMILES string of the molecule is CCNC1CCCc2cn(Cc3ccccc3)cc21. The van der Waals surface area contributed by atoms with Crippen molar-refractivity contribution < 1.29 is 0 Å². The van der Waals surface area contributed by atoms with Crippen LogP contribution in [0.15, 0.2) is 42.7 Å². The highest BCUT2D eigenvalue weighted by Gasteiger charge is 2.21. The van der Waals surface area contributed by atoms with Crippen LogP contribution in [0.2, 0.25) is 0 Å². The fourth-order valence-electron chi connectivity index (χ4n) is 3.09. The van der Waals surface area contributed by atoms with E-state index in [0.29, 0.717) is 6.04 Å². The van der Waals surface area contributed by atoms with Crippen LogP contribution in [0.5, 0.6) is 0 Å². The van der Waals surface area contributed by atoms with Crippen LogP contribution in [-0.2, 0) is 13.0 Å². The Morgan fingerprint density at radius 2 is 2.05 bits per heavy atom. The lowest BCUT2D eigenvalue weighted by Crippen LogP contribution is -2.23. The number of hydrogen-bond donors (Lipinski definition) is 1. The molecule has 1 aliphatic carbocycles. The van der Waals surface area contributed by atoms with Crippen molar-refractivity contribution in [2.45, 2.75) is 38.8 Å². The molecule has 2 aromatic rings. The number of nitrogens with zero attached hydrogens (tertiary/aromatic N) is 1. The van der Waals surface area contributed by atoms with Crippen molar-refractivity contribution in [1.82, 2.24) is 9.88 Å². The molecule has 1 aromatic heterocycles. The number of hydrogen-bond acceptors (Lipinski definition) is 1. The zero-order valence-corrected chi connectivity index (χ0v) is 11.6. The molecule has 19 heavy (non-hydrogen) atoms. The summed E-state index contributed by atoms with van der Waals surface area (Å²) in [5, 5.41) is 3.60. The van der Waals surface area contributed by atoms with Crippen molar-refractivity contribution >= 4 is 0 Å². The zero-order chi connectivity index (χ0) is 13.1. The lowest BCUT2D eigenvalue weighted by atomic mass is 9.91. The van der Waals surface area contributed by atoms with Gasteiger partial charge in [0.15, 0.2) is 0 Å². The maximum atomic E-state index is 3.60. The van der Waals surface area contributed by atoms with Crippen LogP contribution < -0.4 is 5.32 Å². The van der Waals surface area contributed by atoms with E-state index in [0.717, 1.165) is 13.1 Å². The molecule has 1 heterocycles. The lowest BCUT2D eigenvalue weighted by Gasteiger charge is -2.22. The highest BCUT2D eigenvalue weighted by molar-refractivity contribution is 5.31. The Bertz CT molecular complexity index is 527. The van der Waals surface area contributed by atoms with Gasteiger partial charge in [0.25, 0.3) is 0 Å². The Hall–Kier alpha value is -1.54. The first-order valence-corrected chi connectivity index (χ1v) is 7.32. The van der Waals surface area contributed by atoms with Crippen LogP contribution in [0.25, 0.3) is 0 Å². The van der Waals surface area contributed by atoms with Crippen molar-refractivity contribution in [2.75, 3.05) is 6.54 Å². The van der Waals surface area contributed by atoms with Gasteiger partial charge in [0, 0.05) is 25.0 Å². The van der Waals surface area contributed by atoms with E-state index in [4.69, 9.17) is 0 Å². The first-order valence-electron chi connectivity index (χ1n) is 7.32. The standard InChI is InChI=1S/C17H22N2/c1-2-18-17-10-6-9-15-12-19(13-16(15)17)11-14-7-4-3-5-8-14/h3-5,7-8,12-13,17-18H,2,6,9-11H2,1H3. The molecule has 1 aromatic carbocycles. The number of aryl methyl sites for hydroxylation is 1. The van der Waals surface area contributed by atoms with Gasteiger partial charge in [-0.15, -0.1) is 0 Å². The molecule has 1 atom stereocenters. The molecule has 2 heteroatoms. The second-order valence-corrected chi connectivity index (χ2v) is 5.40. The molecule has 100 valence electrons. The van der Waals surface area contributed by atoms with Gasteiger partial charge in [0.2, 0.25) is 0 Å². The third kappa shape index (κ3) is 2.74. The Kier molecular flexibility index (Phi) is 3.69. The molecule has 1 unspecified atom stereocenters. The maximum Gasteiger partial charge on any atom is 0.0470 e. The fourth-order valence-corrected chi connectivity index (χ4v) is 3.09. The quantitative estimate of drug-likeness (QED) is 0.883. The van der Waals surface area contributed by atoms with E-state index in [2.05, 4.69) is 59.5 Å². The molecule has 0 saturated carbocycles. The minimum atomic E-state index is 0.561. The van der Waals surface area contributed by atoms with Gasteiger partial charge in [-0.05, 0) is 42.5 Å². The number of fused-ring (bicyclic) bond motifs is 1. The maximum absolute atomic E-state index is 3.60. The number of benzene rings is 1. The second-order valence-electron chi connectivity index (χ2n) is 5.40. The second kappa shape index (κ2) is 5.62. The Morgan fingerprint density at radius 1 is 1.21 bits per heavy atom. The molecular formula is C17H22N2. The van der Waals surface area contributed by atoms with Gasteiger partial charge >= 0.3 is 0 Å². The van der Waals surface area contributed by atoms with Gasteiger partial charge in [-0.1, -0.05) is 37.3 Å². The molecule has 0 bridgehead atoms. The van der Waals surface area contributed by atoms with Crippen molar-refractivity contribution in [3.63, 3.8) is 0 Å². The Balaban J connectivity index is 1.81. The number of nitrogens with one attached hydrogen (secondary N) is 1. The molecule has 0 radical (unpaired) electrons. The third-order valence-electron chi connectivity index (χ3n) is 3.97. The molecule has 2 nitrogen and oxygen atoms in total. The predicted octanol–water partition coefficient (Wildman–Crippen LogP) is 3.52. The average Bonchev–Trinajstić information content (AvgIpc) is 2.84. The van der Waals surface area contributed by atoms with E-state index in [1.54, 1.807) is 0 Å². The van der Waals surface area contributed by atoms with Gasteiger partial charge in [0.05, 0.1) is 0 Å². The van der Waals surface area contributed by atoms with Crippen LogP contribution in [0.1, 0.15) is 42.5 Å². The molecule has 3 rings (SSSR count). The summed E-state index contributed by atoms with van der Waals surface area (Å²) in [4.78, 5) is 0. The Labute approximate surface area is 115 Å². The molecular weight excluding hydrogens is 232 g/mol. The van der Waals surface area contributed by atoms with Crippen LogP contribution in [0.3, 0.4) is 0 Å². The van der Waals surface area contributed by atoms with Crippen LogP contribution in [0.4, 0.5) is 0 Å². The third-order valence-corrected chi connectivity index (χ3v) is 3.97. The van der Waals surface area contributed by atoms with Gasteiger partial charge in [0.1, 0.15) is 0 Å². The van der Waals surface area contributed by atoms with Crippen LogP contribution >= 0.6 is 0 Å². The Morgan fingerprint density at radius 3 is 2.84 bits per heavy atom. The summed E-state index contributed by atoms with van der Waals surface area (Å²) < 4.78 is 2.34. The largest absolute Gasteiger partial charge is 0.349 e. The normalized spacial score (nSPS) is 18.3. The average molecular weight is 254 g/mol. The highest BCUT2D eigenvalue weighted by atomic mass is 15.0. The van der Waals surface area contributed by atoms with E-state index >= 15 is 0 Å². The number of aromatic nitrogens is 1. The lowest BCUT2D eigenvalue weighted by molar-refractivity contribution is 0.473.